The summed E-state index contributed by atoms with van der Waals surface area (Å²) in [6.45, 7) is 3.22. The highest BCUT2D eigenvalue weighted by atomic mass is 35.5. The van der Waals surface area contributed by atoms with Crippen molar-refractivity contribution in [3.8, 4) is 0 Å². The van der Waals surface area contributed by atoms with Crippen LogP contribution in [0.1, 0.15) is 12.5 Å². The first-order valence-electron chi connectivity index (χ1n) is 9.76. The molecule has 0 aliphatic carbocycles. The van der Waals surface area contributed by atoms with Crippen LogP contribution in [0.25, 0.3) is 0 Å². The topological polar surface area (TPSA) is 88.9 Å². The molecule has 2 unspecified atom stereocenters. The summed E-state index contributed by atoms with van der Waals surface area (Å²) in [5.74, 6) is 0.326. The molecule has 3 heterocycles. The van der Waals surface area contributed by atoms with Gasteiger partial charge in [-0.3, -0.25) is 9.69 Å². The normalized spacial score (nSPS) is 23.1. The number of fused-ring (bicyclic) bond motifs is 3. The van der Waals surface area contributed by atoms with Crippen molar-refractivity contribution in [2.45, 2.75) is 25.7 Å². The molecule has 1 saturated heterocycles. The molecule has 3 aliphatic heterocycles. The van der Waals surface area contributed by atoms with Gasteiger partial charge in [0.05, 0.1) is 26.4 Å². The average molecular weight is 434 g/mol. The number of nitrogens with zero attached hydrogens (tertiary/aromatic N) is 5. The summed E-state index contributed by atoms with van der Waals surface area (Å²) in [6.07, 6.45) is 1.29. The number of imide groups is 1. The zero-order valence-corrected chi connectivity index (χ0v) is 17.6. The number of amides is 3. The lowest BCUT2D eigenvalue weighted by molar-refractivity contribution is -0.137. The number of carbonyl (C=O) groups is 2. The molecule has 1 aromatic rings. The van der Waals surface area contributed by atoms with E-state index in [0.29, 0.717) is 29.7 Å². The molecule has 160 valence electrons. The molecule has 0 aromatic heterocycles. The van der Waals surface area contributed by atoms with Gasteiger partial charge in [0.2, 0.25) is 5.96 Å². The van der Waals surface area contributed by atoms with Gasteiger partial charge in [-0.15, -0.1) is 0 Å². The predicted octanol–water partition coefficient (Wildman–Crippen LogP) is 1.29. The lowest BCUT2D eigenvalue weighted by Crippen LogP contribution is -2.63. The van der Waals surface area contributed by atoms with E-state index in [9.17, 15) is 9.59 Å². The standard InChI is InChI=1S/C20H24ClN5O4/c1-13-11-25-16-17(22-19(25)24(13)7-9-30-10-8-27)23(2)20(29)26(18(16)28)12-14-5-3-4-6-15(14)21/h3-6,11,16-17,27H,7-10,12H2,1-2H3. The Labute approximate surface area is 179 Å². The first-order chi connectivity index (χ1) is 14.4. The number of hydrogen-bond donors (Lipinski definition) is 1. The monoisotopic (exact) mass is 433 g/mol. The Kier molecular flexibility index (Phi) is 5.68. The van der Waals surface area contributed by atoms with E-state index in [1.165, 1.54) is 9.80 Å². The van der Waals surface area contributed by atoms with Gasteiger partial charge >= 0.3 is 6.03 Å². The Morgan fingerprint density at radius 2 is 1.97 bits per heavy atom. The Hall–Kier alpha value is -2.62. The van der Waals surface area contributed by atoms with Crippen LogP contribution in [-0.4, -0.2) is 88.2 Å². The van der Waals surface area contributed by atoms with Crippen molar-refractivity contribution in [2.24, 2.45) is 4.99 Å². The van der Waals surface area contributed by atoms with E-state index in [-0.39, 0.29) is 25.7 Å². The van der Waals surface area contributed by atoms with E-state index >= 15 is 0 Å². The molecule has 3 amide bonds. The third kappa shape index (κ3) is 3.42. The number of aliphatic imine (C=N–C) groups is 1. The maximum Gasteiger partial charge on any atom is 0.328 e. The number of ether oxygens (including phenoxy) is 1. The van der Waals surface area contributed by atoms with Crippen molar-refractivity contribution in [1.82, 2.24) is 19.6 Å². The second kappa shape index (κ2) is 8.25. The smallest absolute Gasteiger partial charge is 0.328 e. The maximum absolute atomic E-state index is 13.4. The molecule has 2 atom stereocenters. The lowest BCUT2D eigenvalue weighted by atomic mass is 10.1. The van der Waals surface area contributed by atoms with Gasteiger partial charge in [0.25, 0.3) is 5.91 Å². The van der Waals surface area contributed by atoms with Crippen molar-refractivity contribution in [2.75, 3.05) is 33.4 Å². The number of allylic oxidation sites excluding steroid dienone is 1. The summed E-state index contributed by atoms with van der Waals surface area (Å²) in [4.78, 5) is 37.5. The number of carbonyl (C=O) groups excluding carboxylic acids is 2. The van der Waals surface area contributed by atoms with Crippen LogP contribution in [0.4, 0.5) is 4.79 Å². The highest BCUT2D eigenvalue weighted by Crippen LogP contribution is 2.34. The van der Waals surface area contributed by atoms with Crippen LogP contribution in [-0.2, 0) is 16.1 Å². The molecular formula is C20H24ClN5O4. The van der Waals surface area contributed by atoms with Crippen LogP contribution in [0, 0.1) is 0 Å². The fourth-order valence-electron chi connectivity index (χ4n) is 3.94. The minimum atomic E-state index is -0.622. The summed E-state index contributed by atoms with van der Waals surface area (Å²) in [5, 5.41) is 9.37. The molecule has 9 nitrogen and oxygen atoms in total. The summed E-state index contributed by atoms with van der Waals surface area (Å²) < 4.78 is 5.37. The van der Waals surface area contributed by atoms with E-state index in [2.05, 4.69) is 4.99 Å². The Morgan fingerprint density at radius 3 is 2.70 bits per heavy atom. The average Bonchev–Trinajstić information content (AvgIpc) is 3.23. The van der Waals surface area contributed by atoms with Crippen molar-refractivity contribution < 1.29 is 19.4 Å². The largest absolute Gasteiger partial charge is 0.394 e. The number of aliphatic hydroxyl groups excluding tert-OH is 1. The fraction of sp³-hybridized carbons (Fsp3) is 0.450. The minimum Gasteiger partial charge on any atom is -0.394 e. The van der Waals surface area contributed by atoms with Crippen LogP contribution < -0.4 is 0 Å². The SMILES string of the molecule is CC1=CN2C(=NC3C2C(=O)N(Cc2ccccc2Cl)C(=O)N3C)N1CCOCCO. The summed E-state index contributed by atoms with van der Waals surface area (Å²) in [7, 11) is 1.66. The molecule has 30 heavy (non-hydrogen) atoms. The molecule has 4 rings (SSSR count). The van der Waals surface area contributed by atoms with Gasteiger partial charge < -0.3 is 24.5 Å². The number of benzene rings is 1. The zero-order valence-electron chi connectivity index (χ0n) is 16.9. The minimum absolute atomic E-state index is 0.0330. The summed E-state index contributed by atoms with van der Waals surface area (Å²) in [5.41, 5.74) is 1.65. The van der Waals surface area contributed by atoms with Gasteiger partial charge in [-0.05, 0) is 18.6 Å². The van der Waals surface area contributed by atoms with Gasteiger partial charge in [0.15, 0.2) is 12.2 Å². The number of likely N-dealkylation sites (N-methyl/N-ethyl adjacent to an activating group) is 1. The zero-order chi connectivity index (χ0) is 21.4. The quantitative estimate of drug-likeness (QED) is 0.652. The van der Waals surface area contributed by atoms with E-state index in [4.69, 9.17) is 21.4 Å². The third-order valence-corrected chi connectivity index (χ3v) is 5.85. The highest BCUT2D eigenvalue weighted by molar-refractivity contribution is 6.31. The van der Waals surface area contributed by atoms with E-state index in [1.54, 1.807) is 19.2 Å². The second-order valence-corrected chi connectivity index (χ2v) is 7.77. The molecule has 0 spiro atoms. The van der Waals surface area contributed by atoms with E-state index in [1.807, 2.05) is 35.1 Å². The van der Waals surface area contributed by atoms with Crippen LogP contribution in [0.15, 0.2) is 41.2 Å². The Balaban J connectivity index is 1.55. The first kappa shape index (κ1) is 20.6. The van der Waals surface area contributed by atoms with Crippen molar-refractivity contribution in [3.63, 3.8) is 0 Å². The molecule has 1 fully saturated rings. The molecular weight excluding hydrogens is 410 g/mol. The number of guanidine groups is 1. The van der Waals surface area contributed by atoms with E-state index in [0.717, 1.165) is 5.70 Å². The van der Waals surface area contributed by atoms with Crippen LogP contribution in [0.2, 0.25) is 5.02 Å². The number of halogens is 1. The van der Waals surface area contributed by atoms with Crippen LogP contribution in [0.3, 0.4) is 0 Å². The molecule has 1 N–H and O–H groups in total. The van der Waals surface area contributed by atoms with Gasteiger partial charge in [0, 0.05) is 30.5 Å². The summed E-state index contributed by atoms with van der Waals surface area (Å²) >= 11 is 6.25. The number of aliphatic hydroxyl groups is 1. The Morgan fingerprint density at radius 1 is 1.20 bits per heavy atom. The summed E-state index contributed by atoms with van der Waals surface area (Å²) in [6, 6.07) is 6.16. The number of urea groups is 1. The second-order valence-electron chi connectivity index (χ2n) is 7.36. The van der Waals surface area contributed by atoms with Crippen LogP contribution in [0.5, 0.6) is 0 Å². The first-order valence-corrected chi connectivity index (χ1v) is 10.1. The number of hydrogen-bond acceptors (Lipinski definition) is 7. The van der Waals surface area contributed by atoms with Crippen LogP contribution >= 0.6 is 11.6 Å². The molecule has 1 aromatic carbocycles. The van der Waals surface area contributed by atoms with Gasteiger partial charge in [-0.2, -0.15) is 0 Å². The molecule has 0 radical (unpaired) electrons. The van der Waals surface area contributed by atoms with Crippen molar-refractivity contribution in [3.05, 3.63) is 46.7 Å². The maximum atomic E-state index is 13.4. The predicted molar refractivity (Wildman–Crippen MR) is 110 cm³/mol. The lowest BCUT2D eigenvalue weighted by Gasteiger charge is -2.40. The van der Waals surface area contributed by atoms with E-state index < -0.39 is 18.2 Å². The number of rotatable bonds is 7. The van der Waals surface area contributed by atoms with Gasteiger partial charge in [-0.1, -0.05) is 29.8 Å². The highest BCUT2D eigenvalue weighted by Gasteiger charge is 2.54. The molecule has 0 saturated carbocycles. The molecule has 10 heteroatoms. The van der Waals surface area contributed by atoms with Crippen molar-refractivity contribution >= 4 is 29.5 Å². The third-order valence-electron chi connectivity index (χ3n) is 5.48. The van der Waals surface area contributed by atoms with Gasteiger partial charge in [0.1, 0.15) is 0 Å². The van der Waals surface area contributed by atoms with Crippen molar-refractivity contribution in [1.29, 1.82) is 0 Å². The molecule has 0 bridgehead atoms. The molecule has 3 aliphatic rings. The fourth-order valence-corrected chi connectivity index (χ4v) is 4.14. The Bertz CT molecular complexity index is 920. The van der Waals surface area contributed by atoms with Gasteiger partial charge in [-0.25, -0.2) is 9.79 Å².